The summed E-state index contributed by atoms with van der Waals surface area (Å²) in [5.74, 6) is 0.824. The van der Waals surface area contributed by atoms with Gasteiger partial charge in [0.05, 0.1) is 12.2 Å². The third kappa shape index (κ3) is 6.65. The van der Waals surface area contributed by atoms with Crippen LogP contribution in [-0.2, 0) is 12.0 Å². The van der Waals surface area contributed by atoms with Crippen LogP contribution in [0, 0.1) is 6.92 Å². The highest BCUT2D eigenvalue weighted by Crippen LogP contribution is 2.25. The van der Waals surface area contributed by atoms with E-state index in [9.17, 15) is 0 Å². The molecule has 2 N–H and O–H groups in total. The van der Waals surface area contributed by atoms with Gasteiger partial charge >= 0.3 is 0 Å². The predicted molar refractivity (Wildman–Crippen MR) is 117 cm³/mol. The lowest BCUT2D eigenvalue weighted by atomic mass is 9.82. The van der Waals surface area contributed by atoms with E-state index in [1.54, 1.807) is 6.20 Å². The number of nitrogens with one attached hydrogen (secondary N) is 2. The number of halogens is 1. The molecule has 0 aliphatic rings. The maximum absolute atomic E-state index is 4.63. The summed E-state index contributed by atoms with van der Waals surface area (Å²) in [5.41, 5.74) is 3.66. The first-order valence-corrected chi connectivity index (χ1v) is 8.51. The highest BCUT2D eigenvalue weighted by molar-refractivity contribution is 14.0. The number of aliphatic imine (C=N–C) groups is 1. The van der Waals surface area contributed by atoms with Crippen molar-refractivity contribution in [1.82, 2.24) is 15.6 Å². The molecule has 5 heteroatoms. The van der Waals surface area contributed by atoms with Crippen LogP contribution in [0.5, 0.6) is 0 Å². The standard InChI is InChI=1S/C20H28N4.HI/c1-5-21-19(23-14-17-11-8-9-13-22-17)24-15-20(3,4)18-12-7-6-10-16(18)2;/h6-13H,5,14-15H2,1-4H3,(H2,21,23,24);1H. The van der Waals surface area contributed by atoms with Crippen LogP contribution in [0.25, 0.3) is 0 Å². The highest BCUT2D eigenvalue weighted by atomic mass is 127. The van der Waals surface area contributed by atoms with Crippen molar-refractivity contribution in [3.63, 3.8) is 0 Å². The third-order valence-electron chi connectivity index (χ3n) is 4.04. The van der Waals surface area contributed by atoms with Gasteiger partial charge in [0.2, 0.25) is 0 Å². The number of aryl methyl sites for hydroxylation is 1. The van der Waals surface area contributed by atoms with Crippen molar-refractivity contribution in [3.05, 3.63) is 65.5 Å². The van der Waals surface area contributed by atoms with Crippen molar-refractivity contribution in [2.24, 2.45) is 4.99 Å². The fourth-order valence-corrected chi connectivity index (χ4v) is 2.73. The average molecular weight is 452 g/mol. The van der Waals surface area contributed by atoms with Crippen LogP contribution in [0.1, 0.15) is 37.6 Å². The van der Waals surface area contributed by atoms with Crippen LogP contribution in [0.3, 0.4) is 0 Å². The molecular formula is C20H29IN4. The van der Waals surface area contributed by atoms with Gasteiger partial charge in [0.1, 0.15) is 0 Å². The van der Waals surface area contributed by atoms with E-state index in [-0.39, 0.29) is 29.4 Å². The summed E-state index contributed by atoms with van der Waals surface area (Å²) in [6.07, 6.45) is 1.80. The van der Waals surface area contributed by atoms with Crippen LogP contribution in [-0.4, -0.2) is 24.0 Å². The molecule has 0 amide bonds. The van der Waals surface area contributed by atoms with Crippen LogP contribution in [0.4, 0.5) is 0 Å². The summed E-state index contributed by atoms with van der Waals surface area (Å²) in [6.45, 7) is 11.0. The molecule has 0 saturated heterocycles. The molecule has 0 radical (unpaired) electrons. The molecule has 0 atom stereocenters. The Morgan fingerprint density at radius 2 is 1.80 bits per heavy atom. The molecule has 4 nitrogen and oxygen atoms in total. The lowest BCUT2D eigenvalue weighted by molar-refractivity contribution is 0.506. The normalized spacial score (nSPS) is 11.6. The second-order valence-corrected chi connectivity index (χ2v) is 6.57. The van der Waals surface area contributed by atoms with Crippen molar-refractivity contribution in [2.75, 3.05) is 13.1 Å². The van der Waals surface area contributed by atoms with Crippen LogP contribution in [0.15, 0.2) is 53.7 Å². The van der Waals surface area contributed by atoms with E-state index in [1.807, 2.05) is 18.2 Å². The minimum atomic E-state index is 0. The summed E-state index contributed by atoms with van der Waals surface area (Å²) in [5, 5.41) is 6.77. The molecule has 0 saturated carbocycles. The van der Waals surface area contributed by atoms with Gasteiger partial charge in [-0.05, 0) is 37.1 Å². The topological polar surface area (TPSA) is 49.3 Å². The first kappa shape index (κ1) is 21.4. The summed E-state index contributed by atoms with van der Waals surface area (Å²) < 4.78 is 0. The molecule has 0 unspecified atom stereocenters. The zero-order valence-electron chi connectivity index (χ0n) is 15.5. The lowest BCUT2D eigenvalue weighted by Gasteiger charge is -2.28. The Morgan fingerprint density at radius 3 is 2.44 bits per heavy atom. The van der Waals surface area contributed by atoms with E-state index >= 15 is 0 Å². The van der Waals surface area contributed by atoms with E-state index in [1.165, 1.54) is 11.1 Å². The van der Waals surface area contributed by atoms with Crippen LogP contribution >= 0.6 is 24.0 Å². The zero-order valence-corrected chi connectivity index (χ0v) is 17.9. The van der Waals surface area contributed by atoms with Gasteiger partial charge in [-0.1, -0.05) is 44.2 Å². The quantitative estimate of drug-likeness (QED) is 0.395. The van der Waals surface area contributed by atoms with E-state index in [0.717, 1.165) is 24.7 Å². The number of aromatic nitrogens is 1. The monoisotopic (exact) mass is 452 g/mol. The molecule has 0 bridgehead atoms. The van der Waals surface area contributed by atoms with Crippen molar-refractivity contribution >= 4 is 29.9 Å². The summed E-state index contributed by atoms with van der Waals surface area (Å²) in [7, 11) is 0. The van der Waals surface area contributed by atoms with Crippen molar-refractivity contribution in [2.45, 2.75) is 39.7 Å². The lowest BCUT2D eigenvalue weighted by Crippen LogP contribution is -2.43. The summed E-state index contributed by atoms with van der Waals surface area (Å²) in [6, 6.07) is 14.4. The number of hydrogen-bond acceptors (Lipinski definition) is 2. The maximum Gasteiger partial charge on any atom is 0.191 e. The Labute approximate surface area is 168 Å². The number of pyridine rings is 1. The van der Waals surface area contributed by atoms with Gasteiger partial charge in [0.25, 0.3) is 0 Å². The molecule has 1 heterocycles. The van der Waals surface area contributed by atoms with Gasteiger partial charge in [-0.2, -0.15) is 0 Å². The largest absolute Gasteiger partial charge is 0.357 e. The Hall–Kier alpha value is -1.63. The molecule has 25 heavy (non-hydrogen) atoms. The minimum absolute atomic E-state index is 0. The Balaban J connectivity index is 0.00000312. The SMILES string of the molecule is CCNC(=NCc1ccccn1)NCC(C)(C)c1ccccc1C.I. The Kier molecular flexibility index (Phi) is 8.89. The van der Waals surface area contributed by atoms with E-state index in [4.69, 9.17) is 0 Å². The van der Waals surface area contributed by atoms with Gasteiger partial charge in [-0.15, -0.1) is 24.0 Å². The molecule has 0 fully saturated rings. The molecule has 2 aromatic rings. The zero-order chi connectivity index (χ0) is 17.4. The van der Waals surface area contributed by atoms with E-state index in [0.29, 0.717) is 6.54 Å². The molecule has 2 rings (SSSR count). The molecule has 0 aliphatic carbocycles. The molecular weight excluding hydrogens is 423 g/mol. The van der Waals surface area contributed by atoms with Gasteiger partial charge in [-0.3, -0.25) is 4.98 Å². The number of nitrogens with zero attached hydrogens (tertiary/aromatic N) is 2. The third-order valence-corrected chi connectivity index (χ3v) is 4.04. The van der Waals surface area contributed by atoms with Gasteiger partial charge in [0, 0.05) is 24.7 Å². The van der Waals surface area contributed by atoms with Crippen LogP contribution in [0.2, 0.25) is 0 Å². The van der Waals surface area contributed by atoms with E-state index < -0.39 is 0 Å². The molecule has 0 aliphatic heterocycles. The van der Waals surface area contributed by atoms with Crippen molar-refractivity contribution in [1.29, 1.82) is 0 Å². The van der Waals surface area contributed by atoms with Gasteiger partial charge < -0.3 is 10.6 Å². The molecule has 1 aromatic carbocycles. The Morgan fingerprint density at radius 1 is 1.08 bits per heavy atom. The smallest absolute Gasteiger partial charge is 0.191 e. The fourth-order valence-electron chi connectivity index (χ4n) is 2.73. The van der Waals surface area contributed by atoms with Crippen LogP contribution < -0.4 is 10.6 Å². The van der Waals surface area contributed by atoms with Crippen molar-refractivity contribution in [3.8, 4) is 0 Å². The molecule has 136 valence electrons. The predicted octanol–water partition coefficient (Wildman–Crippen LogP) is 4.04. The summed E-state index contributed by atoms with van der Waals surface area (Å²) >= 11 is 0. The van der Waals surface area contributed by atoms with Crippen molar-refractivity contribution < 1.29 is 0 Å². The Bertz CT molecular complexity index is 668. The van der Waals surface area contributed by atoms with Gasteiger partial charge in [-0.25, -0.2) is 4.99 Å². The summed E-state index contributed by atoms with van der Waals surface area (Å²) in [4.78, 5) is 8.95. The second kappa shape index (κ2) is 10.4. The maximum atomic E-state index is 4.63. The number of rotatable bonds is 6. The number of guanidine groups is 1. The minimum Gasteiger partial charge on any atom is -0.357 e. The second-order valence-electron chi connectivity index (χ2n) is 6.57. The van der Waals surface area contributed by atoms with E-state index in [2.05, 4.69) is 72.6 Å². The molecule has 0 spiro atoms. The number of benzene rings is 1. The first-order chi connectivity index (χ1) is 11.5. The first-order valence-electron chi connectivity index (χ1n) is 8.51. The molecule has 1 aromatic heterocycles. The average Bonchev–Trinajstić information content (AvgIpc) is 2.58. The van der Waals surface area contributed by atoms with Gasteiger partial charge in [0.15, 0.2) is 5.96 Å². The highest BCUT2D eigenvalue weighted by Gasteiger charge is 2.22. The number of hydrogen-bond donors (Lipinski definition) is 2. The fraction of sp³-hybridized carbons (Fsp3) is 0.400.